The Bertz CT molecular complexity index is 443. The molecule has 0 spiro atoms. The van der Waals surface area contributed by atoms with Crippen molar-refractivity contribution in [3.8, 4) is 11.5 Å². The summed E-state index contributed by atoms with van der Waals surface area (Å²) in [5.74, 6) is -1.15. The third kappa shape index (κ3) is 1.90. The molecule has 0 bridgehead atoms. The molecule has 0 aromatic heterocycles. The number of nitrogens with two attached hydrogens (primary N) is 2. The van der Waals surface area contributed by atoms with E-state index in [2.05, 4.69) is 0 Å². The summed E-state index contributed by atoms with van der Waals surface area (Å²) in [6, 6.07) is 2.84. The molecule has 6 nitrogen and oxygen atoms in total. The van der Waals surface area contributed by atoms with Gasteiger partial charge in [0.25, 0.3) is 5.91 Å². The molecule has 4 N–H and O–H groups in total. The number of amides is 2. The number of carbonyl (C=O) groups is 2. The second kappa shape index (κ2) is 4.52. The van der Waals surface area contributed by atoms with Crippen molar-refractivity contribution in [1.82, 2.24) is 0 Å². The fraction of sp³-hybridized carbons (Fsp3) is 0.200. The molecule has 1 aromatic carbocycles. The van der Waals surface area contributed by atoms with Crippen molar-refractivity contribution in [1.29, 1.82) is 0 Å². The number of hydrogen-bond acceptors (Lipinski definition) is 4. The number of benzene rings is 1. The number of ether oxygens (including phenoxy) is 2. The van der Waals surface area contributed by atoms with E-state index in [1.165, 1.54) is 26.4 Å². The van der Waals surface area contributed by atoms with Crippen molar-refractivity contribution in [2.24, 2.45) is 11.5 Å². The highest BCUT2D eigenvalue weighted by Gasteiger charge is 2.21. The van der Waals surface area contributed by atoms with Crippen molar-refractivity contribution in [2.75, 3.05) is 14.2 Å². The number of rotatable bonds is 4. The van der Waals surface area contributed by atoms with E-state index in [1.54, 1.807) is 0 Å². The Morgan fingerprint density at radius 3 is 2.06 bits per heavy atom. The molecule has 2 amide bonds. The average molecular weight is 224 g/mol. The smallest absolute Gasteiger partial charge is 0.253 e. The minimum atomic E-state index is -0.801. The summed E-state index contributed by atoms with van der Waals surface area (Å²) in [7, 11) is 2.75. The summed E-state index contributed by atoms with van der Waals surface area (Å²) in [6.45, 7) is 0. The van der Waals surface area contributed by atoms with Crippen LogP contribution in [0.5, 0.6) is 11.5 Å². The molecule has 0 saturated carbocycles. The number of carbonyl (C=O) groups excluding carboxylic acids is 2. The standard InChI is InChI=1S/C10H12N2O4/c1-15-6-4-3-5(9(11)13)7(10(12)14)8(6)16-2/h3-4H,1-2H3,(H2,11,13)(H2,12,14). The van der Waals surface area contributed by atoms with Crippen LogP contribution in [0.2, 0.25) is 0 Å². The van der Waals surface area contributed by atoms with Crippen molar-refractivity contribution in [3.63, 3.8) is 0 Å². The Kier molecular flexibility index (Phi) is 3.34. The molecule has 1 aromatic rings. The van der Waals surface area contributed by atoms with Crippen LogP contribution in [0.4, 0.5) is 0 Å². The van der Waals surface area contributed by atoms with E-state index >= 15 is 0 Å². The lowest BCUT2D eigenvalue weighted by Crippen LogP contribution is -2.21. The maximum absolute atomic E-state index is 11.3. The van der Waals surface area contributed by atoms with Gasteiger partial charge in [-0.1, -0.05) is 0 Å². The lowest BCUT2D eigenvalue weighted by molar-refractivity contribution is 0.0964. The lowest BCUT2D eigenvalue weighted by atomic mass is 10.0. The maximum atomic E-state index is 11.3. The number of primary amides is 2. The highest BCUT2D eigenvalue weighted by molar-refractivity contribution is 6.08. The van der Waals surface area contributed by atoms with E-state index in [0.29, 0.717) is 5.75 Å². The van der Waals surface area contributed by atoms with Crippen molar-refractivity contribution in [2.45, 2.75) is 0 Å². The van der Waals surface area contributed by atoms with Crippen LogP contribution in [-0.4, -0.2) is 26.0 Å². The van der Waals surface area contributed by atoms with Gasteiger partial charge in [-0.25, -0.2) is 0 Å². The molecule has 0 aliphatic rings. The molecular formula is C10H12N2O4. The molecule has 0 saturated heterocycles. The highest BCUT2D eigenvalue weighted by atomic mass is 16.5. The summed E-state index contributed by atoms with van der Waals surface area (Å²) in [6.07, 6.45) is 0. The molecule has 0 atom stereocenters. The fourth-order valence-electron chi connectivity index (χ4n) is 1.38. The Balaban J connectivity index is 3.56. The van der Waals surface area contributed by atoms with Gasteiger partial charge in [-0.15, -0.1) is 0 Å². The van der Waals surface area contributed by atoms with Crippen LogP contribution < -0.4 is 20.9 Å². The molecule has 0 unspecified atom stereocenters. The molecule has 0 fully saturated rings. The first-order valence-electron chi connectivity index (χ1n) is 4.37. The van der Waals surface area contributed by atoms with Gasteiger partial charge in [-0.2, -0.15) is 0 Å². The lowest BCUT2D eigenvalue weighted by Gasteiger charge is -2.12. The zero-order valence-electron chi connectivity index (χ0n) is 8.94. The topological polar surface area (TPSA) is 105 Å². The molecule has 6 heteroatoms. The van der Waals surface area contributed by atoms with E-state index in [-0.39, 0.29) is 16.9 Å². The third-order valence-electron chi connectivity index (χ3n) is 2.06. The molecule has 0 aliphatic heterocycles. The zero-order valence-corrected chi connectivity index (χ0v) is 8.94. The number of methoxy groups -OCH3 is 2. The Morgan fingerprint density at radius 2 is 1.69 bits per heavy atom. The summed E-state index contributed by atoms with van der Waals surface area (Å²) < 4.78 is 9.96. The van der Waals surface area contributed by atoms with E-state index in [0.717, 1.165) is 0 Å². The van der Waals surface area contributed by atoms with Crippen molar-refractivity contribution in [3.05, 3.63) is 23.3 Å². The Labute approximate surface area is 92.1 Å². The quantitative estimate of drug-likeness (QED) is 0.745. The van der Waals surface area contributed by atoms with Crippen molar-refractivity contribution >= 4 is 11.8 Å². The van der Waals surface area contributed by atoms with Crippen LogP contribution in [-0.2, 0) is 0 Å². The minimum Gasteiger partial charge on any atom is -0.493 e. The van der Waals surface area contributed by atoms with Crippen LogP contribution in [0, 0.1) is 0 Å². The van der Waals surface area contributed by atoms with E-state index in [9.17, 15) is 9.59 Å². The van der Waals surface area contributed by atoms with Crippen LogP contribution >= 0.6 is 0 Å². The summed E-state index contributed by atoms with van der Waals surface area (Å²) in [5, 5.41) is 0. The second-order valence-electron chi connectivity index (χ2n) is 2.95. The van der Waals surface area contributed by atoms with Crippen LogP contribution in [0.25, 0.3) is 0 Å². The van der Waals surface area contributed by atoms with Crippen molar-refractivity contribution < 1.29 is 19.1 Å². The Hall–Kier alpha value is -2.24. The van der Waals surface area contributed by atoms with Gasteiger partial charge in [0.15, 0.2) is 11.5 Å². The first-order chi connectivity index (χ1) is 7.52. The highest BCUT2D eigenvalue weighted by Crippen LogP contribution is 2.32. The molecule has 0 aliphatic carbocycles. The van der Waals surface area contributed by atoms with Gasteiger partial charge < -0.3 is 20.9 Å². The molecule has 0 radical (unpaired) electrons. The zero-order chi connectivity index (χ0) is 12.3. The summed E-state index contributed by atoms with van der Waals surface area (Å²) in [4.78, 5) is 22.4. The van der Waals surface area contributed by atoms with Crippen LogP contribution in [0.15, 0.2) is 12.1 Å². The van der Waals surface area contributed by atoms with E-state index < -0.39 is 11.8 Å². The molecule has 0 heterocycles. The predicted octanol–water partition coefficient (Wildman–Crippen LogP) is -0.0984. The van der Waals surface area contributed by atoms with Gasteiger partial charge in [-0.05, 0) is 12.1 Å². The van der Waals surface area contributed by atoms with Gasteiger partial charge in [0.1, 0.15) is 0 Å². The molecule has 16 heavy (non-hydrogen) atoms. The minimum absolute atomic E-state index is 0.00477. The molecule has 86 valence electrons. The maximum Gasteiger partial charge on any atom is 0.253 e. The largest absolute Gasteiger partial charge is 0.493 e. The first-order valence-corrected chi connectivity index (χ1v) is 4.37. The van der Waals surface area contributed by atoms with Gasteiger partial charge >= 0.3 is 0 Å². The van der Waals surface area contributed by atoms with Gasteiger partial charge in [0.2, 0.25) is 5.91 Å². The first kappa shape index (κ1) is 11.8. The summed E-state index contributed by atoms with van der Waals surface area (Å²) in [5.41, 5.74) is 10.2. The normalized spacial score (nSPS) is 9.62. The SMILES string of the molecule is COc1ccc(C(N)=O)c(C(N)=O)c1OC. The van der Waals surface area contributed by atoms with Crippen LogP contribution in [0.3, 0.4) is 0 Å². The monoisotopic (exact) mass is 224 g/mol. The van der Waals surface area contributed by atoms with Gasteiger partial charge in [-0.3, -0.25) is 9.59 Å². The van der Waals surface area contributed by atoms with Gasteiger partial charge in [0.05, 0.1) is 25.3 Å². The fourth-order valence-corrected chi connectivity index (χ4v) is 1.38. The van der Waals surface area contributed by atoms with Crippen LogP contribution in [0.1, 0.15) is 20.7 Å². The molecule has 1 rings (SSSR count). The second-order valence-corrected chi connectivity index (χ2v) is 2.95. The van der Waals surface area contributed by atoms with Gasteiger partial charge in [0, 0.05) is 0 Å². The van der Waals surface area contributed by atoms with E-state index in [4.69, 9.17) is 20.9 Å². The average Bonchev–Trinajstić information content (AvgIpc) is 2.26. The summed E-state index contributed by atoms with van der Waals surface area (Å²) >= 11 is 0. The molecular weight excluding hydrogens is 212 g/mol. The third-order valence-corrected chi connectivity index (χ3v) is 2.06. The predicted molar refractivity (Wildman–Crippen MR) is 56.6 cm³/mol. The number of hydrogen-bond donors (Lipinski definition) is 2. The Morgan fingerprint density at radius 1 is 1.06 bits per heavy atom. The van der Waals surface area contributed by atoms with E-state index in [1.807, 2.05) is 0 Å².